The van der Waals surface area contributed by atoms with Crippen molar-refractivity contribution < 1.29 is 4.79 Å². The second-order valence-corrected chi connectivity index (χ2v) is 8.00. The van der Waals surface area contributed by atoms with Gasteiger partial charge in [-0.3, -0.25) is 9.48 Å². The van der Waals surface area contributed by atoms with Gasteiger partial charge in [0.1, 0.15) is 12.7 Å². The van der Waals surface area contributed by atoms with Crippen molar-refractivity contribution in [2.24, 2.45) is 0 Å². The van der Waals surface area contributed by atoms with Gasteiger partial charge in [0, 0.05) is 29.8 Å². The van der Waals surface area contributed by atoms with E-state index in [0.717, 1.165) is 22.3 Å². The molecule has 3 aromatic carbocycles. The molecule has 0 saturated heterocycles. The highest BCUT2D eigenvalue weighted by Crippen LogP contribution is 2.38. The van der Waals surface area contributed by atoms with Gasteiger partial charge < -0.3 is 10.3 Å². The monoisotopic (exact) mass is 435 g/mol. The van der Waals surface area contributed by atoms with Crippen LogP contribution in [-0.4, -0.2) is 32.2 Å². The molecular weight excluding hydrogens is 410 g/mol. The van der Waals surface area contributed by atoms with Crippen LogP contribution in [0, 0.1) is 0 Å². The van der Waals surface area contributed by atoms with Crippen molar-refractivity contribution in [3.63, 3.8) is 0 Å². The standard InChI is InChI=1S/C27H25N5O/c33-25(15-16-32-19-28-18-30-32)29-17-23(20-9-3-1-4-10-20)26-22-13-7-8-14-24(22)31-27(26)21-11-5-2-6-12-21/h1-14,18-19,23,31H,15-17H2,(H,29,33)/t23-/m1/s1. The number of fused-ring (bicyclic) bond motifs is 1. The number of benzene rings is 3. The Morgan fingerprint density at radius 2 is 1.67 bits per heavy atom. The summed E-state index contributed by atoms with van der Waals surface area (Å²) in [7, 11) is 0. The largest absolute Gasteiger partial charge is 0.355 e. The van der Waals surface area contributed by atoms with Crippen molar-refractivity contribution in [2.45, 2.75) is 18.9 Å². The number of aromatic nitrogens is 4. The van der Waals surface area contributed by atoms with Crippen LogP contribution in [0.25, 0.3) is 22.2 Å². The molecule has 2 aromatic heterocycles. The summed E-state index contributed by atoms with van der Waals surface area (Å²) in [5.74, 6) is -0.0135. The Morgan fingerprint density at radius 1 is 0.939 bits per heavy atom. The van der Waals surface area contributed by atoms with Crippen molar-refractivity contribution >= 4 is 16.8 Å². The molecule has 33 heavy (non-hydrogen) atoms. The van der Waals surface area contributed by atoms with Gasteiger partial charge in [0.2, 0.25) is 5.91 Å². The Bertz CT molecular complexity index is 1330. The van der Waals surface area contributed by atoms with Crippen LogP contribution in [0.1, 0.15) is 23.5 Å². The van der Waals surface area contributed by atoms with Gasteiger partial charge in [-0.1, -0.05) is 78.9 Å². The molecule has 0 radical (unpaired) electrons. The second-order valence-electron chi connectivity index (χ2n) is 8.00. The van der Waals surface area contributed by atoms with E-state index in [1.54, 1.807) is 11.0 Å². The molecule has 1 atom stereocenters. The molecule has 0 bridgehead atoms. The molecule has 164 valence electrons. The lowest BCUT2D eigenvalue weighted by molar-refractivity contribution is -0.121. The quantitative estimate of drug-likeness (QED) is 0.369. The van der Waals surface area contributed by atoms with Gasteiger partial charge >= 0.3 is 0 Å². The zero-order chi connectivity index (χ0) is 22.5. The van der Waals surface area contributed by atoms with Crippen molar-refractivity contribution in [1.82, 2.24) is 25.1 Å². The third kappa shape index (κ3) is 4.55. The predicted octanol–water partition coefficient (Wildman–Crippen LogP) is 4.76. The van der Waals surface area contributed by atoms with Crippen molar-refractivity contribution in [1.29, 1.82) is 0 Å². The molecule has 5 rings (SSSR count). The molecule has 5 aromatic rings. The van der Waals surface area contributed by atoms with E-state index in [1.165, 1.54) is 17.3 Å². The maximum atomic E-state index is 12.7. The van der Waals surface area contributed by atoms with Crippen LogP contribution in [0.3, 0.4) is 0 Å². The van der Waals surface area contributed by atoms with Crippen LogP contribution >= 0.6 is 0 Å². The number of aryl methyl sites for hydroxylation is 1. The van der Waals surface area contributed by atoms with E-state index in [-0.39, 0.29) is 11.8 Å². The molecule has 0 spiro atoms. The Hall–Kier alpha value is -4.19. The fraction of sp³-hybridized carbons (Fsp3) is 0.148. The van der Waals surface area contributed by atoms with Crippen molar-refractivity contribution in [2.75, 3.05) is 6.54 Å². The van der Waals surface area contributed by atoms with E-state index < -0.39 is 0 Å². The highest BCUT2D eigenvalue weighted by molar-refractivity contribution is 5.92. The molecule has 0 aliphatic heterocycles. The van der Waals surface area contributed by atoms with Crippen LogP contribution in [0.15, 0.2) is 97.6 Å². The number of carbonyl (C=O) groups is 1. The third-order valence-electron chi connectivity index (χ3n) is 5.90. The maximum absolute atomic E-state index is 12.7. The first-order valence-electron chi connectivity index (χ1n) is 11.1. The summed E-state index contributed by atoms with van der Waals surface area (Å²) < 4.78 is 1.67. The normalized spacial score (nSPS) is 12.0. The molecule has 2 N–H and O–H groups in total. The zero-order valence-corrected chi connectivity index (χ0v) is 18.2. The van der Waals surface area contributed by atoms with Gasteiger partial charge in [-0.2, -0.15) is 5.10 Å². The van der Waals surface area contributed by atoms with E-state index >= 15 is 0 Å². The summed E-state index contributed by atoms with van der Waals surface area (Å²) in [6.45, 7) is 1.01. The maximum Gasteiger partial charge on any atom is 0.221 e. The van der Waals surface area contributed by atoms with E-state index in [4.69, 9.17) is 0 Å². The Kier molecular flexibility index (Phi) is 5.97. The number of H-pyrrole nitrogens is 1. The van der Waals surface area contributed by atoms with Crippen molar-refractivity contribution in [3.05, 3.63) is 109 Å². The molecule has 6 nitrogen and oxygen atoms in total. The van der Waals surface area contributed by atoms with E-state index in [1.807, 2.05) is 42.5 Å². The van der Waals surface area contributed by atoms with Crippen LogP contribution in [0.4, 0.5) is 0 Å². The van der Waals surface area contributed by atoms with Crippen LogP contribution in [0.5, 0.6) is 0 Å². The summed E-state index contributed by atoms with van der Waals surface area (Å²) in [5, 5.41) is 8.40. The van der Waals surface area contributed by atoms with Crippen molar-refractivity contribution in [3.8, 4) is 11.3 Å². The number of carbonyl (C=O) groups excluding carboxylic acids is 1. The molecule has 0 unspecified atom stereocenters. The summed E-state index contributed by atoms with van der Waals surface area (Å²) in [5.41, 5.74) is 5.66. The highest BCUT2D eigenvalue weighted by Gasteiger charge is 2.24. The molecule has 0 saturated carbocycles. The Balaban J connectivity index is 1.50. The molecule has 0 aliphatic rings. The van der Waals surface area contributed by atoms with E-state index in [9.17, 15) is 4.79 Å². The number of rotatable bonds is 8. The van der Waals surface area contributed by atoms with Gasteiger partial charge in [-0.25, -0.2) is 4.98 Å². The number of para-hydroxylation sites is 1. The molecular formula is C27H25N5O. The number of nitrogens with zero attached hydrogens (tertiary/aromatic N) is 3. The fourth-order valence-corrected chi connectivity index (χ4v) is 4.30. The zero-order valence-electron chi connectivity index (χ0n) is 18.2. The highest BCUT2D eigenvalue weighted by atomic mass is 16.1. The molecule has 6 heteroatoms. The van der Waals surface area contributed by atoms with Gasteiger partial charge in [-0.05, 0) is 22.8 Å². The first-order chi connectivity index (χ1) is 16.3. The number of nitrogens with one attached hydrogen (secondary N) is 2. The number of hydrogen-bond acceptors (Lipinski definition) is 3. The molecule has 2 heterocycles. The lowest BCUT2D eigenvalue weighted by atomic mass is 9.87. The first kappa shape index (κ1) is 20.7. The van der Waals surface area contributed by atoms with Crippen LogP contribution in [-0.2, 0) is 11.3 Å². The van der Waals surface area contributed by atoms with Gasteiger partial charge in [0.25, 0.3) is 0 Å². The van der Waals surface area contributed by atoms with E-state index in [0.29, 0.717) is 19.5 Å². The van der Waals surface area contributed by atoms with E-state index in [2.05, 4.69) is 62.8 Å². The number of amides is 1. The molecule has 1 amide bonds. The average molecular weight is 436 g/mol. The average Bonchev–Trinajstić information content (AvgIpc) is 3.53. The molecule has 0 aliphatic carbocycles. The summed E-state index contributed by atoms with van der Waals surface area (Å²) >= 11 is 0. The summed E-state index contributed by atoms with van der Waals surface area (Å²) in [6.07, 6.45) is 3.45. The lowest BCUT2D eigenvalue weighted by Gasteiger charge is -2.20. The molecule has 0 fully saturated rings. The smallest absolute Gasteiger partial charge is 0.221 e. The topological polar surface area (TPSA) is 75.6 Å². The van der Waals surface area contributed by atoms with Crippen LogP contribution in [0.2, 0.25) is 0 Å². The Labute approximate surface area is 192 Å². The minimum atomic E-state index is -0.00691. The van der Waals surface area contributed by atoms with Gasteiger partial charge in [0.15, 0.2) is 0 Å². The lowest BCUT2D eigenvalue weighted by Crippen LogP contribution is -2.29. The van der Waals surface area contributed by atoms with Crippen LogP contribution < -0.4 is 5.32 Å². The SMILES string of the molecule is O=C(CCn1cncn1)NC[C@H](c1ccccc1)c1c(-c2ccccc2)[nH]c2ccccc12. The number of aromatic amines is 1. The summed E-state index contributed by atoms with van der Waals surface area (Å²) in [6, 6.07) is 29.1. The second kappa shape index (κ2) is 9.53. The van der Waals surface area contributed by atoms with Gasteiger partial charge in [0.05, 0.1) is 12.2 Å². The fourth-order valence-electron chi connectivity index (χ4n) is 4.30. The number of hydrogen-bond donors (Lipinski definition) is 2. The third-order valence-corrected chi connectivity index (χ3v) is 5.90. The van der Waals surface area contributed by atoms with Gasteiger partial charge in [-0.15, -0.1) is 0 Å². The predicted molar refractivity (Wildman–Crippen MR) is 130 cm³/mol. The minimum Gasteiger partial charge on any atom is -0.355 e. The Morgan fingerprint density at radius 3 is 2.42 bits per heavy atom. The first-order valence-corrected chi connectivity index (χ1v) is 11.1. The minimum absolute atomic E-state index is 0.00660. The summed E-state index contributed by atoms with van der Waals surface area (Å²) in [4.78, 5) is 20.2.